The number of ketones is 1. The fraction of sp³-hybridized carbons (Fsp3) is 0.160. The van der Waals surface area contributed by atoms with Crippen LogP contribution in [0.4, 0.5) is 17.6 Å². The van der Waals surface area contributed by atoms with E-state index in [1.165, 1.54) is 22.8 Å². The highest BCUT2D eigenvalue weighted by atomic mass is 19.4. The molecule has 0 radical (unpaired) electrons. The van der Waals surface area contributed by atoms with Crippen molar-refractivity contribution in [2.75, 3.05) is 0 Å². The molecule has 0 unspecified atom stereocenters. The number of benzene rings is 3. The lowest BCUT2D eigenvalue weighted by Crippen LogP contribution is -2.39. The number of alkyl halides is 3. The Morgan fingerprint density at radius 3 is 2.24 bits per heavy atom. The molecule has 4 aromatic rings. The fourth-order valence-corrected chi connectivity index (χ4v) is 3.78. The van der Waals surface area contributed by atoms with Crippen molar-refractivity contribution in [2.45, 2.75) is 26.1 Å². The molecule has 0 fully saturated rings. The van der Waals surface area contributed by atoms with Crippen LogP contribution < -0.4 is 11.2 Å². The Kier molecular flexibility index (Phi) is 5.95. The third kappa shape index (κ3) is 4.05. The SMILES string of the molecule is CCC(=O)c1ccc(Cn2c(=O)n(-c3cccc(C(F)(F)F)c3F)c(=O)c3ccccc32)cc1. The fourth-order valence-electron chi connectivity index (χ4n) is 3.78. The van der Waals surface area contributed by atoms with Crippen molar-refractivity contribution in [1.82, 2.24) is 9.13 Å². The van der Waals surface area contributed by atoms with Gasteiger partial charge in [0.05, 0.1) is 28.7 Å². The first-order valence-electron chi connectivity index (χ1n) is 10.4. The highest BCUT2D eigenvalue weighted by molar-refractivity contribution is 5.95. The topological polar surface area (TPSA) is 61.1 Å². The summed E-state index contributed by atoms with van der Waals surface area (Å²) in [5.41, 5.74) is -2.93. The van der Waals surface area contributed by atoms with Crippen LogP contribution in [0.15, 0.2) is 76.3 Å². The molecule has 34 heavy (non-hydrogen) atoms. The first-order valence-corrected chi connectivity index (χ1v) is 10.4. The summed E-state index contributed by atoms with van der Waals surface area (Å²) in [4.78, 5) is 38.3. The summed E-state index contributed by atoms with van der Waals surface area (Å²) in [6, 6.07) is 15.0. The van der Waals surface area contributed by atoms with Gasteiger partial charge in [-0.05, 0) is 29.8 Å². The van der Waals surface area contributed by atoms with Crippen LogP contribution in [-0.4, -0.2) is 14.9 Å². The van der Waals surface area contributed by atoms with Crippen molar-refractivity contribution in [3.63, 3.8) is 0 Å². The van der Waals surface area contributed by atoms with Gasteiger partial charge in [-0.2, -0.15) is 13.2 Å². The van der Waals surface area contributed by atoms with E-state index >= 15 is 0 Å². The highest BCUT2D eigenvalue weighted by Gasteiger charge is 2.35. The van der Waals surface area contributed by atoms with Crippen molar-refractivity contribution in [3.05, 3.63) is 110 Å². The van der Waals surface area contributed by atoms with Gasteiger partial charge >= 0.3 is 11.9 Å². The zero-order valence-corrected chi connectivity index (χ0v) is 17.9. The maximum Gasteiger partial charge on any atom is 0.419 e. The van der Waals surface area contributed by atoms with Gasteiger partial charge in [-0.1, -0.05) is 49.4 Å². The van der Waals surface area contributed by atoms with Gasteiger partial charge in [0.2, 0.25) is 0 Å². The van der Waals surface area contributed by atoms with E-state index < -0.39 is 34.5 Å². The van der Waals surface area contributed by atoms with Crippen LogP contribution in [0.5, 0.6) is 0 Å². The van der Waals surface area contributed by atoms with E-state index in [1.807, 2.05) is 0 Å². The Bertz CT molecular complexity index is 1520. The van der Waals surface area contributed by atoms with Crippen molar-refractivity contribution >= 4 is 16.7 Å². The minimum atomic E-state index is -5.00. The summed E-state index contributed by atoms with van der Waals surface area (Å²) in [6.45, 7) is 1.68. The largest absolute Gasteiger partial charge is 0.419 e. The van der Waals surface area contributed by atoms with Crippen LogP contribution in [-0.2, 0) is 12.7 Å². The van der Waals surface area contributed by atoms with Crippen molar-refractivity contribution in [2.24, 2.45) is 0 Å². The lowest BCUT2D eigenvalue weighted by atomic mass is 10.1. The predicted molar refractivity (Wildman–Crippen MR) is 119 cm³/mol. The summed E-state index contributed by atoms with van der Waals surface area (Å²) in [5, 5.41) is 0.0386. The summed E-state index contributed by atoms with van der Waals surface area (Å²) >= 11 is 0. The first-order chi connectivity index (χ1) is 16.1. The van der Waals surface area contributed by atoms with Gasteiger partial charge in [-0.25, -0.2) is 13.8 Å². The van der Waals surface area contributed by atoms with Crippen LogP contribution in [0.1, 0.15) is 34.8 Å². The zero-order chi connectivity index (χ0) is 24.6. The number of para-hydroxylation sites is 1. The van der Waals surface area contributed by atoms with Crippen LogP contribution >= 0.6 is 0 Å². The van der Waals surface area contributed by atoms with E-state index in [0.29, 0.717) is 28.2 Å². The van der Waals surface area contributed by atoms with E-state index in [0.717, 1.165) is 12.1 Å². The normalized spacial score (nSPS) is 11.7. The second kappa shape index (κ2) is 8.74. The average molecular weight is 470 g/mol. The lowest BCUT2D eigenvalue weighted by Gasteiger charge is -2.16. The number of rotatable bonds is 5. The lowest BCUT2D eigenvalue weighted by molar-refractivity contribution is -0.140. The van der Waals surface area contributed by atoms with Gasteiger partial charge in [0.15, 0.2) is 11.6 Å². The molecule has 1 heterocycles. The van der Waals surface area contributed by atoms with Gasteiger partial charge in [-0.3, -0.25) is 14.2 Å². The maximum absolute atomic E-state index is 14.9. The predicted octanol–water partition coefficient (Wildman–Crippen LogP) is 4.95. The molecule has 0 aliphatic heterocycles. The molecule has 3 aromatic carbocycles. The Balaban J connectivity index is 1.95. The molecule has 0 amide bonds. The quantitative estimate of drug-likeness (QED) is 0.306. The van der Waals surface area contributed by atoms with Gasteiger partial charge in [0, 0.05) is 12.0 Å². The van der Waals surface area contributed by atoms with Crippen molar-refractivity contribution in [3.8, 4) is 5.69 Å². The molecule has 4 rings (SSSR count). The monoisotopic (exact) mass is 470 g/mol. The smallest absolute Gasteiger partial charge is 0.294 e. The number of carbonyl (C=O) groups is 1. The van der Waals surface area contributed by atoms with Crippen molar-refractivity contribution < 1.29 is 22.4 Å². The molecule has 0 atom stereocenters. The molecular weight excluding hydrogens is 452 g/mol. The number of Topliss-reactive ketones (excluding diaryl/α,β-unsaturated/α-hetero) is 1. The first kappa shape index (κ1) is 23.2. The molecule has 0 aliphatic carbocycles. The number of nitrogens with zero attached hydrogens (tertiary/aromatic N) is 2. The summed E-state index contributed by atoms with van der Waals surface area (Å²) in [7, 11) is 0. The standard InChI is InChI=1S/C25H18F4N2O3/c1-2-21(32)16-12-10-15(11-13-16)14-30-19-8-4-3-6-17(19)23(33)31(24(30)34)20-9-5-7-18(22(20)26)25(27,28)29/h3-13H,2,14H2,1H3. The Morgan fingerprint density at radius 2 is 1.59 bits per heavy atom. The van der Waals surface area contributed by atoms with Gasteiger partial charge < -0.3 is 0 Å². The van der Waals surface area contributed by atoms with Crippen LogP contribution in [0.2, 0.25) is 0 Å². The Labute approximate surface area is 190 Å². The molecule has 9 heteroatoms. The van der Waals surface area contributed by atoms with Crippen LogP contribution in [0.25, 0.3) is 16.6 Å². The van der Waals surface area contributed by atoms with Gasteiger partial charge in [0.1, 0.15) is 0 Å². The van der Waals surface area contributed by atoms with Crippen LogP contribution in [0, 0.1) is 5.82 Å². The zero-order valence-electron chi connectivity index (χ0n) is 17.9. The van der Waals surface area contributed by atoms with E-state index in [4.69, 9.17) is 0 Å². The molecule has 5 nitrogen and oxygen atoms in total. The molecule has 174 valence electrons. The number of fused-ring (bicyclic) bond motifs is 1. The number of hydrogen-bond acceptors (Lipinski definition) is 3. The molecule has 0 bridgehead atoms. The van der Waals surface area contributed by atoms with Crippen molar-refractivity contribution in [1.29, 1.82) is 0 Å². The Hall–Kier alpha value is -4.01. The molecule has 0 saturated heterocycles. The van der Waals surface area contributed by atoms with Gasteiger partial charge in [-0.15, -0.1) is 0 Å². The second-order valence-electron chi connectivity index (χ2n) is 7.64. The highest BCUT2D eigenvalue weighted by Crippen LogP contribution is 2.33. The minimum absolute atomic E-state index is 0.0386. The number of halogens is 4. The van der Waals surface area contributed by atoms with E-state index in [1.54, 1.807) is 37.3 Å². The number of carbonyl (C=O) groups excluding carboxylic acids is 1. The third-order valence-electron chi connectivity index (χ3n) is 5.51. The van der Waals surface area contributed by atoms with E-state index in [-0.39, 0.29) is 23.2 Å². The molecule has 1 aromatic heterocycles. The third-order valence-corrected chi connectivity index (χ3v) is 5.51. The summed E-state index contributed by atoms with van der Waals surface area (Å²) in [5.74, 6) is -1.76. The van der Waals surface area contributed by atoms with Gasteiger partial charge in [0.25, 0.3) is 5.56 Å². The minimum Gasteiger partial charge on any atom is -0.294 e. The summed E-state index contributed by atoms with van der Waals surface area (Å²) < 4.78 is 56.2. The average Bonchev–Trinajstić information content (AvgIpc) is 2.82. The Morgan fingerprint density at radius 1 is 0.912 bits per heavy atom. The second-order valence-corrected chi connectivity index (χ2v) is 7.64. The number of aromatic nitrogens is 2. The molecular formula is C25H18F4N2O3. The molecule has 0 spiro atoms. The number of hydrogen-bond donors (Lipinski definition) is 0. The summed E-state index contributed by atoms with van der Waals surface area (Å²) in [6.07, 6.45) is -4.67. The van der Waals surface area contributed by atoms with E-state index in [9.17, 15) is 31.9 Å². The molecule has 0 saturated carbocycles. The maximum atomic E-state index is 14.9. The van der Waals surface area contributed by atoms with Crippen LogP contribution in [0.3, 0.4) is 0 Å². The molecule has 0 aliphatic rings. The van der Waals surface area contributed by atoms with E-state index in [2.05, 4.69) is 0 Å². The molecule has 0 N–H and O–H groups in total.